The van der Waals surface area contributed by atoms with E-state index in [9.17, 15) is 4.79 Å². The predicted molar refractivity (Wildman–Crippen MR) is 122 cm³/mol. The summed E-state index contributed by atoms with van der Waals surface area (Å²) >= 11 is 1.67. The molecule has 4 heteroatoms. The Morgan fingerprint density at radius 1 is 1.10 bits per heavy atom. The number of hydrogen-bond donors (Lipinski definition) is 0. The molecule has 0 amide bonds. The van der Waals surface area contributed by atoms with Crippen LogP contribution in [-0.2, 0) is 18.4 Å². The fourth-order valence-electron chi connectivity index (χ4n) is 4.20. The minimum Gasteiger partial charge on any atom is -0.283 e. The summed E-state index contributed by atoms with van der Waals surface area (Å²) in [6, 6.07) is 18.6. The third-order valence-electron chi connectivity index (χ3n) is 5.90. The average Bonchev–Trinajstić information content (AvgIpc) is 2.71. The van der Waals surface area contributed by atoms with Crippen molar-refractivity contribution in [1.29, 1.82) is 0 Å². The standard InChI is InChI=1S/C25H28N2OS/c1-5-25(4)15-19-13-9-10-14-20(19)22-21(25)23(28)27(24(26-22)29-17(2)3)16-18-11-7-6-8-12-18/h6-14,17H,5,15-16H2,1-4H3/t25-/m0/s1. The minimum absolute atomic E-state index is 0.112. The summed E-state index contributed by atoms with van der Waals surface area (Å²) in [5.74, 6) is 0. The zero-order chi connectivity index (χ0) is 20.6. The Labute approximate surface area is 177 Å². The molecule has 0 aliphatic heterocycles. The van der Waals surface area contributed by atoms with Crippen molar-refractivity contribution in [2.24, 2.45) is 0 Å². The summed E-state index contributed by atoms with van der Waals surface area (Å²) in [5, 5.41) is 1.15. The maximum Gasteiger partial charge on any atom is 0.258 e. The van der Waals surface area contributed by atoms with Gasteiger partial charge < -0.3 is 0 Å². The van der Waals surface area contributed by atoms with Gasteiger partial charge in [0, 0.05) is 16.2 Å². The van der Waals surface area contributed by atoms with Crippen molar-refractivity contribution in [3.63, 3.8) is 0 Å². The lowest BCUT2D eigenvalue weighted by Gasteiger charge is -2.36. The first kappa shape index (κ1) is 20.0. The number of aromatic nitrogens is 2. The van der Waals surface area contributed by atoms with Crippen LogP contribution in [0.1, 0.15) is 50.8 Å². The number of fused-ring (bicyclic) bond motifs is 3. The molecule has 150 valence electrons. The van der Waals surface area contributed by atoms with Crippen LogP contribution in [-0.4, -0.2) is 14.8 Å². The third kappa shape index (κ3) is 3.66. The zero-order valence-electron chi connectivity index (χ0n) is 17.6. The highest BCUT2D eigenvalue weighted by atomic mass is 32.2. The van der Waals surface area contributed by atoms with E-state index in [1.165, 1.54) is 5.56 Å². The molecule has 3 nitrogen and oxygen atoms in total. The molecule has 0 spiro atoms. The molecule has 4 rings (SSSR count). The summed E-state index contributed by atoms with van der Waals surface area (Å²) in [6.45, 7) is 9.24. The molecule has 0 bridgehead atoms. The third-order valence-corrected chi connectivity index (χ3v) is 6.89. The summed E-state index contributed by atoms with van der Waals surface area (Å²) in [4.78, 5) is 19.0. The van der Waals surface area contributed by atoms with Crippen molar-refractivity contribution >= 4 is 11.8 Å². The van der Waals surface area contributed by atoms with Crippen LogP contribution in [0.15, 0.2) is 64.5 Å². The molecule has 1 aliphatic carbocycles. The molecule has 1 heterocycles. The topological polar surface area (TPSA) is 34.9 Å². The molecule has 29 heavy (non-hydrogen) atoms. The molecule has 3 aromatic rings. The molecule has 0 radical (unpaired) electrons. The molecule has 0 saturated carbocycles. The Hall–Kier alpha value is -2.33. The van der Waals surface area contributed by atoms with Gasteiger partial charge in [-0.25, -0.2) is 4.98 Å². The van der Waals surface area contributed by atoms with Gasteiger partial charge in [-0.15, -0.1) is 0 Å². The number of thioether (sulfide) groups is 1. The van der Waals surface area contributed by atoms with Crippen LogP contribution in [0, 0.1) is 0 Å². The normalized spacial score (nSPS) is 17.8. The van der Waals surface area contributed by atoms with Crippen molar-refractivity contribution in [2.75, 3.05) is 0 Å². The van der Waals surface area contributed by atoms with E-state index in [2.05, 4.69) is 58.0 Å². The Morgan fingerprint density at radius 3 is 2.48 bits per heavy atom. The summed E-state index contributed by atoms with van der Waals surface area (Å²) in [5.41, 5.74) is 5.20. The summed E-state index contributed by atoms with van der Waals surface area (Å²) in [7, 11) is 0. The maximum absolute atomic E-state index is 13.9. The molecule has 1 aromatic heterocycles. The first-order valence-electron chi connectivity index (χ1n) is 10.4. The van der Waals surface area contributed by atoms with Crippen LogP contribution >= 0.6 is 11.8 Å². The second kappa shape index (κ2) is 7.83. The lowest BCUT2D eigenvalue weighted by Crippen LogP contribution is -2.40. The second-order valence-electron chi connectivity index (χ2n) is 8.41. The van der Waals surface area contributed by atoms with Crippen LogP contribution < -0.4 is 5.56 Å². The van der Waals surface area contributed by atoms with E-state index in [0.29, 0.717) is 11.8 Å². The molecule has 0 fully saturated rings. The van der Waals surface area contributed by atoms with Gasteiger partial charge >= 0.3 is 0 Å². The van der Waals surface area contributed by atoms with Gasteiger partial charge in [-0.1, -0.05) is 94.1 Å². The van der Waals surface area contributed by atoms with Gasteiger partial charge in [-0.05, 0) is 24.0 Å². The Bertz CT molecular complexity index is 1090. The second-order valence-corrected chi connectivity index (χ2v) is 9.95. The fraction of sp³-hybridized carbons (Fsp3) is 0.360. The smallest absolute Gasteiger partial charge is 0.258 e. The Balaban J connectivity index is 1.99. The van der Waals surface area contributed by atoms with E-state index in [0.717, 1.165) is 40.4 Å². The van der Waals surface area contributed by atoms with E-state index >= 15 is 0 Å². The van der Waals surface area contributed by atoms with Crippen molar-refractivity contribution < 1.29 is 0 Å². The van der Waals surface area contributed by atoms with Gasteiger partial charge in [0.1, 0.15) is 0 Å². The number of rotatable bonds is 5. The predicted octanol–water partition coefficient (Wildman–Crippen LogP) is 5.68. The first-order chi connectivity index (χ1) is 13.9. The minimum atomic E-state index is -0.201. The van der Waals surface area contributed by atoms with Gasteiger partial charge in [0.25, 0.3) is 5.56 Å². The summed E-state index contributed by atoms with van der Waals surface area (Å²) in [6.07, 6.45) is 1.79. The molecule has 0 N–H and O–H groups in total. The number of benzene rings is 2. The van der Waals surface area contributed by atoms with E-state index < -0.39 is 0 Å². The van der Waals surface area contributed by atoms with Gasteiger partial charge in [-0.3, -0.25) is 9.36 Å². The van der Waals surface area contributed by atoms with Crippen molar-refractivity contribution in [2.45, 2.75) is 62.9 Å². The fourth-order valence-corrected chi connectivity index (χ4v) is 5.04. The molecular formula is C25H28N2OS. The van der Waals surface area contributed by atoms with E-state index in [1.807, 2.05) is 28.8 Å². The Kier molecular flexibility index (Phi) is 5.39. The number of nitrogens with zero attached hydrogens (tertiary/aromatic N) is 2. The lowest BCUT2D eigenvalue weighted by atomic mass is 9.69. The quantitative estimate of drug-likeness (QED) is 0.405. The van der Waals surface area contributed by atoms with Crippen molar-refractivity contribution in [3.8, 4) is 11.3 Å². The van der Waals surface area contributed by atoms with Gasteiger partial charge in [0.15, 0.2) is 5.16 Å². The van der Waals surface area contributed by atoms with Crippen LogP contribution in [0.2, 0.25) is 0 Å². The molecule has 1 aliphatic rings. The van der Waals surface area contributed by atoms with Gasteiger partial charge in [0.2, 0.25) is 0 Å². The molecule has 0 unspecified atom stereocenters. The first-order valence-corrected chi connectivity index (χ1v) is 11.2. The maximum atomic E-state index is 13.9. The van der Waals surface area contributed by atoms with E-state index in [4.69, 9.17) is 4.98 Å². The van der Waals surface area contributed by atoms with E-state index in [-0.39, 0.29) is 11.0 Å². The SMILES string of the molecule is CC[C@@]1(C)Cc2ccccc2-c2nc(SC(C)C)n(Cc3ccccc3)c(=O)c21. The lowest BCUT2D eigenvalue weighted by molar-refractivity contribution is 0.430. The number of hydrogen-bond acceptors (Lipinski definition) is 3. The average molecular weight is 405 g/mol. The summed E-state index contributed by atoms with van der Waals surface area (Å²) < 4.78 is 1.89. The highest BCUT2D eigenvalue weighted by Gasteiger charge is 2.38. The van der Waals surface area contributed by atoms with Gasteiger partial charge in [0.05, 0.1) is 17.8 Å². The largest absolute Gasteiger partial charge is 0.283 e. The molecule has 1 atom stereocenters. The Morgan fingerprint density at radius 2 is 1.79 bits per heavy atom. The molecule has 0 saturated heterocycles. The van der Waals surface area contributed by atoms with Crippen molar-refractivity contribution in [3.05, 3.63) is 81.6 Å². The van der Waals surface area contributed by atoms with Crippen LogP contribution in [0.25, 0.3) is 11.3 Å². The van der Waals surface area contributed by atoms with Crippen LogP contribution in [0.5, 0.6) is 0 Å². The monoisotopic (exact) mass is 404 g/mol. The van der Waals surface area contributed by atoms with Crippen molar-refractivity contribution in [1.82, 2.24) is 9.55 Å². The molecular weight excluding hydrogens is 376 g/mol. The highest BCUT2D eigenvalue weighted by molar-refractivity contribution is 7.99. The van der Waals surface area contributed by atoms with Crippen LogP contribution in [0.3, 0.4) is 0 Å². The van der Waals surface area contributed by atoms with Crippen LogP contribution in [0.4, 0.5) is 0 Å². The zero-order valence-corrected chi connectivity index (χ0v) is 18.4. The van der Waals surface area contributed by atoms with E-state index in [1.54, 1.807) is 11.8 Å². The molecule has 2 aromatic carbocycles. The van der Waals surface area contributed by atoms with Gasteiger partial charge in [-0.2, -0.15) is 0 Å². The highest BCUT2D eigenvalue weighted by Crippen LogP contribution is 2.43.